The van der Waals surface area contributed by atoms with E-state index in [2.05, 4.69) is 6.58 Å². The van der Waals surface area contributed by atoms with E-state index in [1.165, 1.54) is 0 Å². The predicted octanol–water partition coefficient (Wildman–Crippen LogP) is 2.36. The second kappa shape index (κ2) is 5.67. The van der Waals surface area contributed by atoms with Crippen LogP contribution >= 0.6 is 0 Å². The largest absolute Gasteiger partial charge is 0.406 e. The highest BCUT2D eigenvalue weighted by molar-refractivity contribution is 5.87. The molecule has 0 radical (unpaired) electrons. The third-order valence-electron chi connectivity index (χ3n) is 1.64. The van der Waals surface area contributed by atoms with Crippen molar-refractivity contribution in [1.82, 2.24) is 4.90 Å². The van der Waals surface area contributed by atoms with Gasteiger partial charge in [-0.3, -0.25) is 4.79 Å². The molecule has 0 aromatic carbocycles. The lowest BCUT2D eigenvalue weighted by atomic mass is 10.3. The maximum Gasteiger partial charge on any atom is 0.406 e. The lowest BCUT2D eigenvalue weighted by molar-refractivity contribution is -0.158. The van der Waals surface area contributed by atoms with Crippen LogP contribution in [0.1, 0.15) is 19.8 Å². The first kappa shape index (κ1) is 13.0. The summed E-state index contributed by atoms with van der Waals surface area (Å²) in [7, 11) is 0. The number of rotatable bonds is 5. The highest BCUT2D eigenvalue weighted by atomic mass is 19.4. The van der Waals surface area contributed by atoms with E-state index in [0.29, 0.717) is 6.42 Å². The van der Waals surface area contributed by atoms with Gasteiger partial charge in [-0.2, -0.15) is 13.2 Å². The van der Waals surface area contributed by atoms with Crippen LogP contribution in [0.2, 0.25) is 0 Å². The van der Waals surface area contributed by atoms with Gasteiger partial charge in [0.1, 0.15) is 6.54 Å². The summed E-state index contributed by atoms with van der Waals surface area (Å²) in [6.07, 6.45) is -2.12. The van der Waals surface area contributed by atoms with Gasteiger partial charge in [0.25, 0.3) is 0 Å². The summed E-state index contributed by atoms with van der Waals surface area (Å²) in [5.41, 5.74) is 0. The van der Waals surface area contributed by atoms with Crippen molar-refractivity contribution < 1.29 is 18.0 Å². The van der Waals surface area contributed by atoms with Crippen molar-refractivity contribution in [2.24, 2.45) is 0 Å². The van der Waals surface area contributed by atoms with Gasteiger partial charge in [-0.15, -0.1) is 0 Å². The molecule has 2 nitrogen and oxygen atoms in total. The molecule has 0 fully saturated rings. The molecule has 0 unspecified atom stereocenters. The molecule has 0 rings (SSSR count). The smallest absolute Gasteiger partial charge is 0.330 e. The molecule has 0 spiro atoms. The Balaban J connectivity index is 4.24. The molecule has 1 amide bonds. The molecule has 0 aromatic heterocycles. The van der Waals surface area contributed by atoms with Gasteiger partial charge in [0.2, 0.25) is 5.91 Å². The second-order valence-corrected chi connectivity index (χ2v) is 2.93. The first-order valence-corrected chi connectivity index (χ1v) is 4.38. The van der Waals surface area contributed by atoms with Gasteiger partial charge >= 0.3 is 6.18 Å². The Morgan fingerprint density at radius 2 is 2.07 bits per heavy atom. The summed E-state index contributed by atoms with van der Waals surface area (Å²) >= 11 is 0. The molecule has 0 saturated carbocycles. The van der Waals surface area contributed by atoms with E-state index in [4.69, 9.17) is 0 Å². The maximum atomic E-state index is 12.0. The minimum Gasteiger partial charge on any atom is -0.330 e. The van der Waals surface area contributed by atoms with E-state index in [0.717, 1.165) is 17.4 Å². The molecule has 0 aliphatic rings. The third kappa shape index (κ3) is 5.61. The van der Waals surface area contributed by atoms with Crippen molar-refractivity contribution >= 4 is 5.91 Å². The van der Waals surface area contributed by atoms with Gasteiger partial charge in [-0.1, -0.05) is 19.9 Å². The van der Waals surface area contributed by atoms with Crippen LogP contribution in [0.25, 0.3) is 0 Å². The SMILES string of the molecule is C=CC(=O)N(CCCC)CC(F)(F)F. The molecule has 0 atom stereocenters. The standard InChI is InChI=1S/C9H14F3NO/c1-3-5-6-13(8(14)4-2)7-9(10,11)12/h4H,2-3,5-7H2,1H3. The van der Waals surface area contributed by atoms with Crippen molar-refractivity contribution in [2.45, 2.75) is 25.9 Å². The topological polar surface area (TPSA) is 20.3 Å². The molecule has 0 aliphatic carbocycles. The van der Waals surface area contributed by atoms with Crippen molar-refractivity contribution in [3.05, 3.63) is 12.7 Å². The lowest BCUT2D eigenvalue weighted by Crippen LogP contribution is -2.38. The van der Waals surface area contributed by atoms with E-state index in [1.54, 1.807) is 0 Å². The Morgan fingerprint density at radius 3 is 2.43 bits per heavy atom. The number of nitrogens with zero attached hydrogens (tertiary/aromatic N) is 1. The summed E-state index contributed by atoms with van der Waals surface area (Å²) in [5.74, 6) is -0.671. The van der Waals surface area contributed by atoms with Gasteiger partial charge in [-0.05, 0) is 12.5 Å². The Kier molecular flexibility index (Phi) is 5.27. The molecule has 0 bridgehead atoms. The summed E-state index contributed by atoms with van der Waals surface area (Å²) in [6.45, 7) is 3.94. The quantitative estimate of drug-likeness (QED) is 0.636. The average Bonchev–Trinajstić information content (AvgIpc) is 2.09. The zero-order valence-corrected chi connectivity index (χ0v) is 8.10. The molecular weight excluding hydrogens is 195 g/mol. The summed E-state index contributed by atoms with van der Waals surface area (Å²) < 4.78 is 36.0. The van der Waals surface area contributed by atoms with Crippen LogP contribution in [-0.4, -0.2) is 30.1 Å². The summed E-state index contributed by atoms with van der Waals surface area (Å²) in [6, 6.07) is 0. The minimum absolute atomic E-state index is 0.126. The van der Waals surface area contributed by atoms with Crippen LogP contribution in [0, 0.1) is 0 Å². The monoisotopic (exact) mass is 209 g/mol. The summed E-state index contributed by atoms with van der Waals surface area (Å²) in [5, 5.41) is 0. The minimum atomic E-state index is -4.34. The molecule has 5 heteroatoms. The fourth-order valence-corrected chi connectivity index (χ4v) is 0.962. The molecule has 82 valence electrons. The number of hydrogen-bond donors (Lipinski definition) is 0. The highest BCUT2D eigenvalue weighted by Crippen LogP contribution is 2.17. The normalized spacial score (nSPS) is 11.1. The predicted molar refractivity (Wildman–Crippen MR) is 47.7 cm³/mol. The maximum absolute atomic E-state index is 12.0. The molecule has 0 heterocycles. The van der Waals surface area contributed by atoms with Crippen LogP contribution in [0.4, 0.5) is 13.2 Å². The zero-order chi connectivity index (χ0) is 11.2. The first-order valence-electron chi connectivity index (χ1n) is 4.38. The van der Waals surface area contributed by atoms with E-state index < -0.39 is 18.6 Å². The fraction of sp³-hybridized carbons (Fsp3) is 0.667. The number of carbonyl (C=O) groups is 1. The molecule has 0 N–H and O–H groups in total. The van der Waals surface area contributed by atoms with Crippen molar-refractivity contribution in [3.63, 3.8) is 0 Å². The number of carbonyl (C=O) groups excluding carboxylic acids is 1. The van der Waals surface area contributed by atoms with Crippen molar-refractivity contribution in [3.8, 4) is 0 Å². The highest BCUT2D eigenvalue weighted by Gasteiger charge is 2.31. The molecule has 14 heavy (non-hydrogen) atoms. The number of amides is 1. The molecule has 0 aliphatic heterocycles. The van der Waals surface area contributed by atoms with Gasteiger partial charge in [-0.25, -0.2) is 0 Å². The number of unbranched alkanes of at least 4 members (excludes halogenated alkanes) is 1. The molecule has 0 saturated heterocycles. The Morgan fingerprint density at radius 1 is 1.50 bits per heavy atom. The van der Waals surface area contributed by atoms with Crippen LogP contribution in [-0.2, 0) is 4.79 Å². The van der Waals surface area contributed by atoms with Crippen LogP contribution in [0.3, 0.4) is 0 Å². The third-order valence-corrected chi connectivity index (χ3v) is 1.64. The molecule has 0 aromatic rings. The van der Waals surface area contributed by atoms with Gasteiger partial charge in [0.05, 0.1) is 0 Å². The average molecular weight is 209 g/mol. The van der Waals surface area contributed by atoms with Crippen LogP contribution in [0.15, 0.2) is 12.7 Å². The first-order chi connectivity index (χ1) is 6.40. The zero-order valence-electron chi connectivity index (χ0n) is 8.10. The lowest BCUT2D eigenvalue weighted by Gasteiger charge is -2.22. The molecular formula is C9H14F3NO. The fourth-order valence-electron chi connectivity index (χ4n) is 0.962. The number of hydrogen-bond acceptors (Lipinski definition) is 1. The number of alkyl halides is 3. The Bertz CT molecular complexity index is 201. The summed E-state index contributed by atoms with van der Waals surface area (Å²) in [4.78, 5) is 11.8. The van der Waals surface area contributed by atoms with E-state index >= 15 is 0 Å². The van der Waals surface area contributed by atoms with Crippen LogP contribution in [0.5, 0.6) is 0 Å². The number of halogens is 3. The van der Waals surface area contributed by atoms with Crippen LogP contribution < -0.4 is 0 Å². The van der Waals surface area contributed by atoms with E-state index in [9.17, 15) is 18.0 Å². The van der Waals surface area contributed by atoms with E-state index in [-0.39, 0.29) is 6.54 Å². The van der Waals surface area contributed by atoms with Gasteiger partial charge in [0, 0.05) is 6.54 Å². The van der Waals surface area contributed by atoms with Gasteiger partial charge in [0.15, 0.2) is 0 Å². The van der Waals surface area contributed by atoms with E-state index in [1.807, 2.05) is 6.92 Å². The van der Waals surface area contributed by atoms with Gasteiger partial charge < -0.3 is 4.90 Å². The van der Waals surface area contributed by atoms with Crippen molar-refractivity contribution in [1.29, 1.82) is 0 Å². The van der Waals surface area contributed by atoms with Crippen molar-refractivity contribution in [2.75, 3.05) is 13.1 Å². The Labute approximate surface area is 81.4 Å². The Hall–Kier alpha value is -1.00. The second-order valence-electron chi connectivity index (χ2n) is 2.93.